The number of carbonyl (C=O) groups is 2. The molecule has 1 aromatic rings. The van der Waals surface area contributed by atoms with Crippen molar-refractivity contribution in [1.29, 1.82) is 0 Å². The molecule has 20 heavy (non-hydrogen) atoms. The molecular weight excluding hydrogens is 282 g/mol. The molecule has 1 aliphatic rings. The van der Waals surface area contributed by atoms with Crippen LogP contribution in [-0.2, 0) is 21.4 Å². The van der Waals surface area contributed by atoms with Gasteiger partial charge in [-0.25, -0.2) is 0 Å². The summed E-state index contributed by atoms with van der Waals surface area (Å²) in [7, 11) is 0. The first-order chi connectivity index (χ1) is 9.36. The summed E-state index contributed by atoms with van der Waals surface area (Å²) in [4.78, 5) is 22.8. The molecule has 3 N–H and O–H groups in total. The van der Waals surface area contributed by atoms with Gasteiger partial charge in [0.2, 0.25) is 0 Å². The van der Waals surface area contributed by atoms with E-state index in [1.807, 2.05) is 6.07 Å². The number of carboxylic acids is 2. The van der Waals surface area contributed by atoms with Crippen LogP contribution < -0.4 is 5.32 Å². The summed E-state index contributed by atoms with van der Waals surface area (Å²) in [6.45, 7) is 2.62. The van der Waals surface area contributed by atoms with E-state index in [2.05, 4.69) is 5.32 Å². The van der Waals surface area contributed by atoms with Gasteiger partial charge in [0.05, 0.1) is 0 Å². The van der Waals surface area contributed by atoms with E-state index in [4.69, 9.17) is 11.6 Å². The highest BCUT2D eigenvalue weighted by molar-refractivity contribution is 6.30. The second-order valence-corrected chi connectivity index (χ2v) is 5.69. The molecular formula is C14H16ClNO4. The monoisotopic (exact) mass is 297 g/mol. The second kappa shape index (κ2) is 5.42. The molecule has 0 aromatic heterocycles. The van der Waals surface area contributed by atoms with Gasteiger partial charge in [0.25, 0.3) is 0 Å². The van der Waals surface area contributed by atoms with Crippen molar-refractivity contribution >= 4 is 23.5 Å². The van der Waals surface area contributed by atoms with Crippen molar-refractivity contribution < 1.29 is 19.8 Å². The maximum atomic E-state index is 11.4. The van der Waals surface area contributed by atoms with Crippen molar-refractivity contribution in [2.75, 3.05) is 13.1 Å². The van der Waals surface area contributed by atoms with E-state index in [0.717, 1.165) is 5.56 Å². The largest absolute Gasteiger partial charge is 0.481 e. The third-order valence-corrected chi connectivity index (χ3v) is 4.12. The molecule has 0 unspecified atom stereocenters. The minimum absolute atomic E-state index is 0.281. The van der Waals surface area contributed by atoms with Gasteiger partial charge in [0.15, 0.2) is 5.92 Å². The first-order valence-corrected chi connectivity index (χ1v) is 6.69. The van der Waals surface area contributed by atoms with Gasteiger partial charge < -0.3 is 15.5 Å². The average molecular weight is 298 g/mol. The van der Waals surface area contributed by atoms with Gasteiger partial charge in [-0.05, 0) is 36.2 Å². The van der Waals surface area contributed by atoms with Gasteiger partial charge >= 0.3 is 11.9 Å². The quantitative estimate of drug-likeness (QED) is 0.737. The van der Waals surface area contributed by atoms with Crippen LogP contribution in [0.15, 0.2) is 18.2 Å². The Kier molecular flexibility index (Phi) is 4.01. The maximum Gasteiger partial charge on any atom is 0.318 e. The lowest BCUT2D eigenvalue weighted by atomic mass is 9.70. The fraction of sp³-hybridized carbons (Fsp3) is 0.429. The Bertz CT molecular complexity index is 546. The summed E-state index contributed by atoms with van der Waals surface area (Å²) in [5.41, 5.74) is 0.591. The molecule has 1 atom stereocenters. The van der Waals surface area contributed by atoms with E-state index in [-0.39, 0.29) is 6.54 Å². The van der Waals surface area contributed by atoms with Crippen LogP contribution in [0.25, 0.3) is 0 Å². The molecule has 5 nitrogen and oxygen atoms in total. The van der Waals surface area contributed by atoms with Gasteiger partial charge in [-0.2, -0.15) is 0 Å². The van der Waals surface area contributed by atoms with Crippen LogP contribution in [0, 0.1) is 5.92 Å². The zero-order valence-electron chi connectivity index (χ0n) is 11.0. The lowest BCUT2D eigenvalue weighted by Crippen LogP contribution is -2.48. The number of carboxylic acid groups (broad SMARTS) is 2. The third kappa shape index (κ3) is 2.51. The Morgan fingerprint density at radius 2 is 2.00 bits per heavy atom. The lowest BCUT2D eigenvalue weighted by molar-refractivity contribution is -0.157. The Labute approximate surface area is 121 Å². The summed E-state index contributed by atoms with van der Waals surface area (Å²) in [6, 6.07) is 5.26. The van der Waals surface area contributed by atoms with E-state index >= 15 is 0 Å². The van der Waals surface area contributed by atoms with Gasteiger partial charge in [0.1, 0.15) is 0 Å². The van der Waals surface area contributed by atoms with Crippen LogP contribution in [0.1, 0.15) is 18.1 Å². The van der Waals surface area contributed by atoms with Gasteiger partial charge in [-0.15, -0.1) is 0 Å². The summed E-state index contributed by atoms with van der Waals surface area (Å²) >= 11 is 6.01. The van der Waals surface area contributed by atoms with Crippen LogP contribution in [0.3, 0.4) is 0 Å². The molecule has 1 aromatic carbocycles. The Morgan fingerprint density at radius 1 is 1.35 bits per heavy atom. The minimum atomic E-state index is -1.52. The molecule has 0 spiro atoms. The topological polar surface area (TPSA) is 86.6 Å². The minimum Gasteiger partial charge on any atom is -0.481 e. The number of fused-ring (bicyclic) bond motifs is 1. The lowest BCUT2D eigenvalue weighted by Gasteiger charge is -2.33. The molecule has 1 heterocycles. The number of benzene rings is 1. The highest BCUT2D eigenvalue weighted by Gasteiger charge is 2.47. The summed E-state index contributed by atoms with van der Waals surface area (Å²) < 4.78 is 0. The molecule has 0 aliphatic carbocycles. The van der Waals surface area contributed by atoms with Crippen molar-refractivity contribution in [3.05, 3.63) is 34.3 Å². The molecule has 1 aliphatic heterocycles. The predicted molar refractivity (Wildman–Crippen MR) is 74.1 cm³/mol. The molecule has 0 saturated heterocycles. The molecule has 0 amide bonds. The predicted octanol–water partition coefficient (Wildman–Crippen LogP) is 1.53. The molecule has 0 bridgehead atoms. The number of rotatable bonds is 3. The Morgan fingerprint density at radius 3 is 2.60 bits per heavy atom. The van der Waals surface area contributed by atoms with Crippen LogP contribution in [0.4, 0.5) is 0 Å². The average Bonchev–Trinajstić information content (AvgIpc) is 2.49. The van der Waals surface area contributed by atoms with Crippen molar-refractivity contribution in [2.45, 2.75) is 18.8 Å². The smallest absolute Gasteiger partial charge is 0.318 e. The fourth-order valence-electron chi connectivity index (χ4n) is 2.87. The van der Waals surface area contributed by atoms with Gasteiger partial charge in [-0.1, -0.05) is 24.6 Å². The number of hydrogen-bond acceptors (Lipinski definition) is 3. The SMILES string of the molecule is C[C@]1(C(C(=O)O)C(=O)O)CNCCc2ccc(Cl)cc21. The van der Waals surface area contributed by atoms with Crippen LogP contribution in [-0.4, -0.2) is 35.2 Å². The first kappa shape index (κ1) is 14.8. The second-order valence-electron chi connectivity index (χ2n) is 5.26. The van der Waals surface area contributed by atoms with Gasteiger partial charge in [-0.3, -0.25) is 9.59 Å². The van der Waals surface area contributed by atoms with E-state index < -0.39 is 23.3 Å². The Hall–Kier alpha value is -1.59. The van der Waals surface area contributed by atoms with E-state index in [9.17, 15) is 19.8 Å². The Balaban J connectivity index is 2.62. The zero-order chi connectivity index (χ0) is 14.9. The normalized spacial score (nSPS) is 22.1. The molecule has 0 fully saturated rings. The highest BCUT2D eigenvalue weighted by atomic mass is 35.5. The van der Waals surface area contributed by atoms with Crippen molar-refractivity contribution in [3.63, 3.8) is 0 Å². The van der Waals surface area contributed by atoms with Gasteiger partial charge in [0, 0.05) is 17.0 Å². The van der Waals surface area contributed by atoms with E-state index in [1.54, 1.807) is 19.1 Å². The molecule has 6 heteroatoms. The molecule has 0 saturated carbocycles. The summed E-state index contributed by atoms with van der Waals surface area (Å²) in [5.74, 6) is -4.20. The summed E-state index contributed by atoms with van der Waals surface area (Å²) in [6.07, 6.45) is 0.716. The fourth-order valence-corrected chi connectivity index (χ4v) is 3.05. The van der Waals surface area contributed by atoms with E-state index in [0.29, 0.717) is 23.6 Å². The van der Waals surface area contributed by atoms with Crippen LogP contribution in [0.5, 0.6) is 0 Å². The number of nitrogens with one attached hydrogen (secondary N) is 1. The first-order valence-electron chi connectivity index (χ1n) is 6.31. The molecule has 2 rings (SSSR count). The maximum absolute atomic E-state index is 11.4. The number of aliphatic carboxylic acids is 2. The van der Waals surface area contributed by atoms with Crippen molar-refractivity contribution in [3.8, 4) is 0 Å². The molecule has 108 valence electrons. The molecule has 0 radical (unpaired) electrons. The standard InChI is InChI=1S/C14H16ClNO4/c1-14(11(12(17)18)13(19)20)7-16-5-4-8-2-3-9(15)6-10(8)14/h2-3,6,11,16H,4-5,7H2,1H3,(H,17,18)(H,19,20)/t14-/m0/s1. The third-order valence-electron chi connectivity index (χ3n) is 3.88. The zero-order valence-corrected chi connectivity index (χ0v) is 11.8. The van der Waals surface area contributed by atoms with E-state index in [1.165, 1.54) is 0 Å². The summed E-state index contributed by atoms with van der Waals surface area (Å²) in [5, 5.41) is 22.2. The number of halogens is 1. The van der Waals surface area contributed by atoms with Crippen LogP contribution >= 0.6 is 11.6 Å². The van der Waals surface area contributed by atoms with Crippen molar-refractivity contribution in [2.24, 2.45) is 5.92 Å². The van der Waals surface area contributed by atoms with Crippen molar-refractivity contribution in [1.82, 2.24) is 5.32 Å². The van der Waals surface area contributed by atoms with Crippen LogP contribution in [0.2, 0.25) is 5.02 Å². The highest BCUT2D eigenvalue weighted by Crippen LogP contribution is 2.37. The number of hydrogen-bond donors (Lipinski definition) is 3.